The van der Waals surface area contributed by atoms with E-state index in [1.165, 1.54) is 0 Å². The molecule has 0 saturated heterocycles. The van der Waals surface area contributed by atoms with E-state index in [9.17, 15) is 32.3 Å². The molecule has 0 rings (SSSR count). The van der Waals surface area contributed by atoms with Gasteiger partial charge in [-0.2, -0.15) is 13.2 Å². The highest BCUT2D eigenvalue weighted by molar-refractivity contribution is 5.97. The fourth-order valence-corrected chi connectivity index (χ4v) is 1.61. The predicted molar refractivity (Wildman–Crippen MR) is 77.2 cm³/mol. The lowest BCUT2D eigenvalue weighted by Gasteiger charge is -2.23. The van der Waals surface area contributed by atoms with Crippen molar-refractivity contribution in [1.82, 2.24) is 10.6 Å². The Bertz CT molecular complexity index is 508. The van der Waals surface area contributed by atoms with E-state index in [4.69, 9.17) is 11.5 Å². The van der Waals surface area contributed by atoms with Gasteiger partial charge in [0.05, 0.1) is 18.5 Å². The van der Waals surface area contributed by atoms with Crippen molar-refractivity contribution in [3.63, 3.8) is 0 Å². The zero-order chi connectivity index (χ0) is 19.2. The minimum absolute atomic E-state index is 0.284. The van der Waals surface area contributed by atoms with Gasteiger partial charge >= 0.3 is 6.18 Å². The summed E-state index contributed by atoms with van der Waals surface area (Å²) < 4.78 is 36.9. The van der Waals surface area contributed by atoms with Crippen molar-refractivity contribution in [2.75, 3.05) is 0 Å². The molecular formula is C13H21F3N4O4. The number of halogens is 3. The van der Waals surface area contributed by atoms with Crippen molar-refractivity contribution in [1.29, 1.82) is 0 Å². The molecule has 3 atom stereocenters. The molecule has 138 valence electrons. The SMILES string of the molecule is CC(NC(=O)[C@H](CC(N)=O)NC(=O)[C@@H](N)C(C)C)C(=O)C(F)(F)F. The molecule has 0 bridgehead atoms. The number of hydrogen-bond donors (Lipinski definition) is 4. The number of carbonyl (C=O) groups excluding carboxylic acids is 4. The molecule has 0 fully saturated rings. The number of nitrogens with two attached hydrogens (primary N) is 2. The van der Waals surface area contributed by atoms with Crippen LogP contribution in [0.15, 0.2) is 0 Å². The van der Waals surface area contributed by atoms with Crippen LogP contribution in [-0.2, 0) is 19.2 Å². The van der Waals surface area contributed by atoms with Gasteiger partial charge < -0.3 is 22.1 Å². The minimum Gasteiger partial charge on any atom is -0.370 e. The first kappa shape index (κ1) is 21.8. The molecule has 0 saturated carbocycles. The van der Waals surface area contributed by atoms with E-state index in [0.717, 1.165) is 6.92 Å². The number of rotatable bonds is 8. The van der Waals surface area contributed by atoms with Crippen LogP contribution in [0.1, 0.15) is 27.2 Å². The van der Waals surface area contributed by atoms with Gasteiger partial charge in [-0.25, -0.2) is 0 Å². The molecule has 8 nitrogen and oxygen atoms in total. The Kier molecular flexibility index (Phi) is 7.84. The highest BCUT2D eigenvalue weighted by Crippen LogP contribution is 2.17. The number of amides is 3. The summed E-state index contributed by atoms with van der Waals surface area (Å²) in [7, 11) is 0. The topological polar surface area (TPSA) is 144 Å². The van der Waals surface area contributed by atoms with Crippen LogP contribution in [0.2, 0.25) is 0 Å². The molecule has 0 aromatic heterocycles. The first-order valence-electron chi connectivity index (χ1n) is 7.03. The predicted octanol–water partition coefficient (Wildman–Crippen LogP) is -1.03. The summed E-state index contributed by atoms with van der Waals surface area (Å²) in [6.45, 7) is 4.10. The second kappa shape index (κ2) is 8.62. The zero-order valence-corrected chi connectivity index (χ0v) is 13.4. The largest absolute Gasteiger partial charge is 0.452 e. The Morgan fingerprint density at radius 1 is 1.00 bits per heavy atom. The normalized spacial score (nSPS) is 15.3. The molecule has 0 radical (unpaired) electrons. The van der Waals surface area contributed by atoms with E-state index in [1.54, 1.807) is 19.2 Å². The Labute approximate surface area is 136 Å². The molecule has 1 unspecified atom stereocenters. The molecule has 0 aliphatic rings. The van der Waals surface area contributed by atoms with E-state index in [-0.39, 0.29) is 5.92 Å². The van der Waals surface area contributed by atoms with Crippen LogP contribution < -0.4 is 22.1 Å². The third-order valence-corrected chi connectivity index (χ3v) is 3.09. The standard InChI is InChI=1S/C13H21F3N4O4/c1-5(2)9(18)12(24)20-7(4-8(17)21)11(23)19-6(3)10(22)13(14,15)16/h5-7,9H,4,18H2,1-3H3,(H2,17,21)(H,19,23)(H,20,24)/t6?,7-,9-/m0/s1. The lowest BCUT2D eigenvalue weighted by Crippen LogP contribution is -2.56. The highest BCUT2D eigenvalue weighted by Gasteiger charge is 2.42. The van der Waals surface area contributed by atoms with Crippen molar-refractivity contribution in [2.45, 2.75) is 51.5 Å². The maximum absolute atomic E-state index is 12.3. The van der Waals surface area contributed by atoms with E-state index in [1.807, 2.05) is 0 Å². The Morgan fingerprint density at radius 3 is 1.88 bits per heavy atom. The summed E-state index contributed by atoms with van der Waals surface area (Å²) in [5, 5.41) is 3.94. The van der Waals surface area contributed by atoms with Gasteiger partial charge in [0, 0.05) is 0 Å². The molecule has 3 amide bonds. The van der Waals surface area contributed by atoms with Gasteiger partial charge in [0.2, 0.25) is 17.7 Å². The van der Waals surface area contributed by atoms with E-state index in [0.29, 0.717) is 0 Å². The van der Waals surface area contributed by atoms with E-state index in [2.05, 4.69) is 5.32 Å². The van der Waals surface area contributed by atoms with E-state index < -0.39 is 54.2 Å². The maximum atomic E-state index is 12.3. The summed E-state index contributed by atoms with van der Waals surface area (Å²) in [5.41, 5.74) is 10.5. The average Bonchev–Trinajstić information content (AvgIpc) is 2.42. The minimum atomic E-state index is -5.13. The molecule has 0 aromatic rings. The van der Waals surface area contributed by atoms with Crippen LogP contribution in [0.5, 0.6) is 0 Å². The Hall–Kier alpha value is -2.17. The zero-order valence-electron chi connectivity index (χ0n) is 13.4. The lowest BCUT2D eigenvalue weighted by molar-refractivity contribution is -0.173. The first-order valence-corrected chi connectivity index (χ1v) is 7.03. The van der Waals surface area contributed by atoms with Gasteiger partial charge in [-0.15, -0.1) is 0 Å². The van der Waals surface area contributed by atoms with Crippen LogP contribution in [0.3, 0.4) is 0 Å². The number of alkyl halides is 3. The molecule has 0 spiro atoms. The summed E-state index contributed by atoms with van der Waals surface area (Å²) in [6.07, 6.45) is -5.79. The fourth-order valence-electron chi connectivity index (χ4n) is 1.61. The first-order chi connectivity index (χ1) is 10.8. The second-order valence-corrected chi connectivity index (χ2v) is 5.59. The number of primary amides is 1. The highest BCUT2D eigenvalue weighted by atomic mass is 19.4. The van der Waals surface area contributed by atoms with Crippen LogP contribution in [-0.4, -0.2) is 47.8 Å². The third kappa shape index (κ3) is 6.94. The van der Waals surface area contributed by atoms with Gasteiger partial charge in [-0.05, 0) is 12.8 Å². The fraction of sp³-hybridized carbons (Fsp3) is 0.692. The molecule has 0 heterocycles. The van der Waals surface area contributed by atoms with E-state index >= 15 is 0 Å². The maximum Gasteiger partial charge on any atom is 0.452 e. The second-order valence-electron chi connectivity index (χ2n) is 5.59. The Balaban J connectivity index is 5.05. The van der Waals surface area contributed by atoms with Crippen LogP contribution in [0.4, 0.5) is 13.2 Å². The number of hydrogen-bond acceptors (Lipinski definition) is 5. The van der Waals surface area contributed by atoms with Gasteiger partial charge in [0.15, 0.2) is 0 Å². The molecular weight excluding hydrogens is 333 g/mol. The lowest BCUT2D eigenvalue weighted by atomic mass is 10.0. The van der Waals surface area contributed by atoms with Gasteiger partial charge in [0.1, 0.15) is 6.04 Å². The van der Waals surface area contributed by atoms with Crippen LogP contribution >= 0.6 is 0 Å². The summed E-state index contributed by atoms with van der Waals surface area (Å²) in [6, 6.07) is -4.42. The van der Waals surface area contributed by atoms with Crippen LogP contribution in [0.25, 0.3) is 0 Å². The van der Waals surface area contributed by atoms with Crippen molar-refractivity contribution in [2.24, 2.45) is 17.4 Å². The summed E-state index contributed by atoms with van der Waals surface area (Å²) >= 11 is 0. The van der Waals surface area contributed by atoms with Crippen LogP contribution in [0, 0.1) is 5.92 Å². The molecule has 0 aromatic carbocycles. The molecule has 11 heteroatoms. The average molecular weight is 354 g/mol. The Morgan fingerprint density at radius 2 is 1.50 bits per heavy atom. The molecule has 24 heavy (non-hydrogen) atoms. The third-order valence-electron chi connectivity index (χ3n) is 3.09. The van der Waals surface area contributed by atoms with Crippen molar-refractivity contribution in [3.05, 3.63) is 0 Å². The number of carbonyl (C=O) groups is 4. The van der Waals surface area contributed by atoms with Crippen molar-refractivity contribution < 1.29 is 32.3 Å². The number of Topliss-reactive ketones (excluding diaryl/α,β-unsaturated/α-hetero) is 1. The smallest absolute Gasteiger partial charge is 0.370 e. The monoisotopic (exact) mass is 354 g/mol. The molecule has 0 aliphatic carbocycles. The van der Waals surface area contributed by atoms with Gasteiger partial charge in [0.25, 0.3) is 5.78 Å². The number of ketones is 1. The van der Waals surface area contributed by atoms with Crippen molar-refractivity contribution in [3.8, 4) is 0 Å². The molecule has 6 N–H and O–H groups in total. The summed E-state index contributed by atoms with van der Waals surface area (Å²) in [5.74, 6) is -5.35. The summed E-state index contributed by atoms with van der Waals surface area (Å²) in [4.78, 5) is 45.8. The van der Waals surface area contributed by atoms with Gasteiger partial charge in [-0.3, -0.25) is 19.2 Å². The van der Waals surface area contributed by atoms with Crippen molar-refractivity contribution >= 4 is 23.5 Å². The van der Waals surface area contributed by atoms with Gasteiger partial charge in [-0.1, -0.05) is 13.8 Å². The quantitative estimate of drug-likeness (QED) is 0.440. The number of nitrogens with one attached hydrogen (secondary N) is 2. The molecule has 0 aliphatic heterocycles.